The summed E-state index contributed by atoms with van der Waals surface area (Å²) >= 11 is 0. The van der Waals surface area contributed by atoms with Gasteiger partial charge in [-0.15, -0.1) is 0 Å². The number of carbonyl (C=O) groups excluding carboxylic acids is 2. The summed E-state index contributed by atoms with van der Waals surface area (Å²) in [5.74, 6) is -0.334. The fourth-order valence-electron chi connectivity index (χ4n) is 2.87. The molecule has 2 N–H and O–H groups in total. The summed E-state index contributed by atoms with van der Waals surface area (Å²) in [6.07, 6.45) is 3.18. The molecule has 0 saturated carbocycles. The molecule has 3 rings (SSSR count). The van der Waals surface area contributed by atoms with Crippen LogP contribution < -0.4 is 10.6 Å². The lowest BCUT2D eigenvalue weighted by Gasteiger charge is -2.10. The first kappa shape index (κ1) is 18.3. The van der Waals surface area contributed by atoms with E-state index in [0.29, 0.717) is 16.8 Å². The first-order valence-corrected chi connectivity index (χ1v) is 8.63. The van der Waals surface area contributed by atoms with E-state index >= 15 is 0 Å². The fraction of sp³-hybridized carbons (Fsp3) is 0.136. The second-order valence-electron chi connectivity index (χ2n) is 6.55. The molecule has 5 heteroatoms. The number of ketones is 1. The third kappa shape index (κ3) is 4.79. The fourth-order valence-corrected chi connectivity index (χ4v) is 2.87. The van der Waals surface area contributed by atoms with Gasteiger partial charge >= 0.3 is 0 Å². The Morgan fingerprint density at radius 2 is 1.52 bits per heavy atom. The minimum absolute atomic E-state index is 0.0487. The molecule has 0 radical (unpaired) electrons. The number of carbonyl (C=O) groups is 2. The van der Waals surface area contributed by atoms with Gasteiger partial charge in [0, 0.05) is 23.1 Å². The van der Waals surface area contributed by atoms with Crippen molar-refractivity contribution in [3.05, 3.63) is 83.2 Å². The zero-order valence-corrected chi connectivity index (χ0v) is 15.5. The van der Waals surface area contributed by atoms with Crippen molar-refractivity contribution in [3.8, 4) is 0 Å². The van der Waals surface area contributed by atoms with E-state index in [1.54, 1.807) is 36.5 Å². The molecule has 0 aliphatic heterocycles. The highest BCUT2D eigenvalue weighted by molar-refractivity contribution is 6.05. The molecule has 0 unspecified atom stereocenters. The standard InChI is InChI=1S/C22H21N3O2/c1-14-7-15(2)9-20(8-14)24-21-11-18(12-23-13-21)22(27)25-19-6-4-5-17(10-19)16(3)26/h4-13,24H,1-3H3,(H,25,27). The molecule has 0 aliphatic rings. The molecule has 2 aromatic carbocycles. The van der Waals surface area contributed by atoms with Crippen molar-refractivity contribution in [1.29, 1.82) is 0 Å². The number of anilines is 3. The zero-order valence-electron chi connectivity index (χ0n) is 15.5. The van der Waals surface area contributed by atoms with Crippen LogP contribution in [-0.2, 0) is 0 Å². The molecule has 136 valence electrons. The van der Waals surface area contributed by atoms with Crippen LogP contribution in [0.4, 0.5) is 17.1 Å². The Balaban J connectivity index is 1.77. The number of aromatic nitrogens is 1. The Morgan fingerprint density at radius 3 is 2.22 bits per heavy atom. The van der Waals surface area contributed by atoms with E-state index in [0.717, 1.165) is 22.5 Å². The Kier molecular flexibility index (Phi) is 5.31. The van der Waals surface area contributed by atoms with Crippen molar-refractivity contribution in [2.24, 2.45) is 0 Å². The Morgan fingerprint density at radius 1 is 0.815 bits per heavy atom. The second-order valence-corrected chi connectivity index (χ2v) is 6.55. The van der Waals surface area contributed by atoms with Gasteiger partial charge in [-0.1, -0.05) is 18.2 Å². The molecule has 0 saturated heterocycles. The first-order chi connectivity index (χ1) is 12.9. The molecule has 1 heterocycles. The van der Waals surface area contributed by atoms with Crippen LogP contribution in [0.2, 0.25) is 0 Å². The molecule has 3 aromatic rings. The van der Waals surface area contributed by atoms with Gasteiger partial charge in [0.25, 0.3) is 5.91 Å². The number of pyridine rings is 1. The Bertz CT molecular complexity index is 992. The summed E-state index contributed by atoms with van der Waals surface area (Å²) in [5, 5.41) is 6.09. The summed E-state index contributed by atoms with van der Waals surface area (Å²) in [5.41, 5.74) is 5.54. The molecule has 0 spiro atoms. The molecular formula is C22H21N3O2. The lowest BCUT2D eigenvalue weighted by molar-refractivity contribution is 0.101. The summed E-state index contributed by atoms with van der Waals surface area (Å²) in [4.78, 5) is 28.2. The normalized spacial score (nSPS) is 10.3. The predicted molar refractivity (Wildman–Crippen MR) is 108 cm³/mol. The maximum Gasteiger partial charge on any atom is 0.257 e. The molecule has 0 atom stereocenters. The van der Waals surface area contributed by atoms with Crippen molar-refractivity contribution in [2.75, 3.05) is 10.6 Å². The van der Waals surface area contributed by atoms with Crippen molar-refractivity contribution in [3.63, 3.8) is 0 Å². The molecule has 1 amide bonds. The predicted octanol–water partition coefficient (Wildman–Crippen LogP) is 4.90. The van der Waals surface area contributed by atoms with Gasteiger partial charge in [0.15, 0.2) is 5.78 Å². The highest BCUT2D eigenvalue weighted by Gasteiger charge is 2.09. The van der Waals surface area contributed by atoms with Crippen molar-refractivity contribution >= 4 is 28.8 Å². The van der Waals surface area contributed by atoms with Crippen LogP contribution in [-0.4, -0.2) is 16.7 Å². The monoisotopic (exact) mass is 359 g/mol. The van der Waals surface area contributed by atoms with E-state index in [-0.39, 0.29) is 11.7 Å². The van der Waals surface area contributed by atoms with Crippen LogP contribution in [0.25, 0.3) is 0 Å². The molecular weight excluding hydrogens is 338 g/mol. The van der Waals surface area contributed by atoms with Crippen LogP contribution in [0, 0.1) is 13.8 Å². The zero-order chi connectivity index (χ0) is 19.4. The molecule has 5 nitrogen and oxygen atoms in total. The van der Waals surface area contributed by atoms with Gasteiger partial charge in [-0.2, -0.15) is 0 Å². The number of hydrogen-bond acceptors (Lipinski definition) is 4. The largest absolute Gasteiger partial charge is 0.354 e. The van der Waals surface area contributed by atoms with Crippen LogP contribution >= 0.6 is 0 Å². The minimum atomic E-state index is -0.285. The summed E-state index contributed by atoms with van der Waals surface area (Å²) in [6.45, 7) is 5.57. The quantitative estimate of drug-likeness (QED) is 0.636. The summed E-state index contributed by atoms with van der Waals surface area (Å²) in [6, 6.07) is 14.8. The number of aryl methyl sites for hydroxylation is 2. The SMILES string of the molecule is CC(=O)c1cccc(NC(=O)c2cncc(Nc3cc(C)cc(C)c3)c2)c1. The minimum Gasteiger partial charge on any atom is -0.354 e. The highest BCUT2D eigenvalue weighted by Crippen LogP contribution is 2.20. The maximum atomic E-state index is 12.5. The number of nitrogens with zero attached hydrogens (tertiary/aromatic N) is 1. The lowest BCUT2D eigenvalue weighted by atomic mass is 10.1. The second kappa shape index (κ2) is 7.83. The number of rotatable bonds is 5. The van der Waals surface area contributed by atoms with Crippen molar-refractivity contribution in [1.82, 2.24) is 4.98 Å². The average Bonchev–Trinajstić information content (AvgIpc) is 2.61. The molecule has 0 aliphatic carbocycles. The van der Waals surface area contributed by atoms with E-state index in [1.165, 1.54) is 13.1 Å². The van der Waals surface area contributed by atoms with Gasteiger partial charge in [-0.25, -0.2) is 0 Å². The number of benzene rings is 2. The van der Waals surface area contributed by atoms with Gasteiger partial charge in [-0.05, 0) is 62.2 Å². The smallest absolute Gasteiger partial charge is 0.257 e. The van der Waals surface area contributed by atoms with Crippen molar-refractivity contribution in [2.45, 2.75) is 20.8 Å². The number of nitrogens with one attached hydrogen (secondary N) is 2. The van der Waals surface area contributed by atoms with Crippen LogP contribution in [0.5, 0.6) is 0 Å². The van der Waals surface area contributed by atoms with Gasteiger partial charge in [0.1, 0.15) is 0 Å². The van der Waals surface area contributed by atoms with Crippen LogP contribution in [0.15, 0.2) is 60.9 Å². The lowest BCUT2D eigenvalue weighted by Crippen LogP contribution is -2.13. The van der Waals surface area contributed by atoms with Gasteiger partial charge in [0.2, 0.25) is 0 Å². The number of Topliss-reactive ketones (excluding diaryl/α,β-unsaturated/α-hetero) is 1. The van der Waals surface area contributed by atoms with E-state index in [9.17, 15) is 9.59 Å². The van der Waals surface area contributed by atoms with Crippen LogP contribution in [0.1, 0.15) is 38.8 Å². The molecule has 0 fully saturated rings. The van der Waals surface area contributed by atoms with E-state index in [2.05, 4.69) is 21.7 Å². The topological polar surface area (TPSA) is 71.1 Å². The summed E-state index contributed by atoms with van der Waals surface area (Å²) in [7, 11) is 0. The number of hydrogen-bond donors (Lipinski definition) is 2. The highest BCUT2D eigenvalue weighted by atomic mass is 16.1. The van der Waals surface area contributed by atoms with E-state index < -0.39 is 0 Å². The van der Waals surface area contributed by atoms with Crippen LogP contribution in [0.3, 0.4) is 0 Å². The Hall–Kier alpha value is -3.47. The first-order valence-electron chi connectivity index (χ1n) is 8.63. The van der Waals surface area contributed by atoms with Gasteiger partial charge in [0.05, 0.1) is 17.4 Å². The maximum absolute atomic E-state index is 12.5. The van der Waals surface area contributed by atoms with Crippen molar-refractivity contribution < 1.29 is 9.59 Å². The molecule has 27 heavy (non-hydrogen) atoms. The summed E-state index contributed by atoms with van der Waals surface area (Å²) < 4.78 is 0. The number of amides is 1. The molecule has 1 aromatic heterocycles. The third-order valence-electron chi connectivity index (χ3n) is 4.04. The molecule has 0 bridgehead atoms. The Labute approximate surface area is 158 Å². The van der Waals surface area contributed by atoms with Gasteiger partial charge < -0.3 is 10.6 Å². The average molecular weight is 359 g/mol. The van der Waals surface area contributed by atoms with Gasteiger partial charge in [-0.3, -0.25) is 14.6 Å². The third-order valence-corrected chi connectivity index (χ3v) is 4.04. The van der Waals surface area contributed by atoms with E-state index in [1.807, 2.05) is 26.0 Å². The van der Waals surface area contributed by atoms with E-state index in [4.69, 9.17) is 0 Å².